The molecule has 1 N–H and O–H groups in total. The van der Waals surface area contributed by atoms with Crippen molar-refractivity contribution in [3.05, 3.63) is 95.6 Å². The van der Waals surface area contributed by atoms with Gasteiger partial charge < -0.3 is 19.3 Å². The third kappa shape index (κ3) is 7.83. The summed E-state index contributed by atoms with van der Waals surface area (Å²) in [6.45, 7) is 4.98. The number of nitrogens with zero attached hydrogens (tertiary/aromatic N) is 1. The molecule has 6 heteroatoms. The van der Waals surface area contributed by atoms with E-state index in [0.29, 0.717) is 18.9 Å². The summed E-state index contributed by atoms with van der Waals surface area (Å²) >= 11 is 0. The molecule has 3 aromatic rings. The van der Waals surface area contributed by atoms with Crippen molar-refractivity contribution in [3.8, 4) is 11.5 Å². The van der Waals surface area contributed by atoms with Crippen LogP contribution in [-0.4, -0.2) is 54.5 Å². The molecule has 0 amide bonds. The van der Waals surface area contributed by atoms with Crippen LogP contribution in [0.1, 0.15) is 49.4 Å². The largest absolute Gasteiger partial charge is 0.491 e. The predicted octanol–water partition coefficient (Wildman–Crippen LogP) is 5.38. The van der Waals surface area contributed by atoms with E-state index in [1.807, 2.05) is 42.5 Å². The minimum Gasteiger partial charge on any atom is -0.491 e. The summed E-state index contributed by atoms with van der Waals surface area (Å²) in [7, 11) is 0. The van der Waals surface area contributed by atoms with Gasteiger partial charge in [-0.1, -0.05) is 54.6 Å². The van der Waals surface area contributed by atoms with E-state index in [2.05, 4.69) is 48.2 Å². The summed E-state index contributed by atoms with van der Waals surface area (Å²) < 4.78 is 16.6. The number of fused-ring (bicyclic) bond motifs is 1. The van der Waals surface area contributed by atoms with Crippen LogP contribution in [0, 0.1) is 0 Å². The standard InChI is InChI=1S/C32H39NO5/c1-3-36-32(35)23-38-31-18-17-26-13-10-14-28(19-27(26)20-31)33(24(2)25-11-6-4-7-12-25)21-29(34)22-37-30-15-8-5-9-16-30/h4-9,11-12,15-18,20,24,28-29,34H,3,10,13-14,19,21-23H2,1-2H3/t24-,28-,29+/m0/s1. The average Bonchev–Trinajstić information content (AvgIpc) is 3.16. The number of esters is 1. The highest BCUT2D eigenvalue weighted by Gasteiger charge is 2.29. The van der Waals surface area contributed by atoms with Crippen molar-refractivity contribution in [1.82, 2.24) is 4.90 Å². The Morgan fingerprint density at radius 1 is 0.974 bits per heavy atom. The highest BCUT2D eigenvalue weighted by molar-refractivity contribution is 5.71. The molecule has 4 rings (SSSR count). The summed E-state index contributed by atoms with van der Waals surface area (Å²) in [6, 6.07) is 26.5. The Morgan fingerprint density at radius 2 is 1.71 bits per heavy atom. The Labute approximate surface area is 226 Å². The highest BCUT2D eigenvalue weighted by atomic mass is 16.6. The summed E-state index contributed by atoms with van der Waals surface area (Å²) in [5.74, 6) is 1.07. The van der Waals surface area contributed by atoms with E-state index in [0.717, 1.165) is 31.4 Å². The first kappa shape index (κ1) is 27.7. The van der Waals surface area contributed by atoms with E-state index < -0.39 is 6.10 Å². The van der Waals surface area contributed by atoms with Crippen molar-refractivity contribution in [1.29, 1.82) is 0 Å². The zero-order valence-corrected chi connectivity index (χ0v) is 22.4. The number of ether oxygens (including phenoxy) is 3. The minimum absolute atomic E-state index is 0.0964. The van der Waals surface area contributed by atoms with Gasteiger partial charge in [0.05, 0.1) is 6.61 Å². The second-order valence-electron chi connectivity index (χ2n) is 9.84. The van der Waals surface area contributed by atoms with Gasteiger partial charge in [0, 0.05) is 18.6 Å². The van der Waals surface area contributed by atoms with E-state index in [1.165, 1.54) is 16.7 Å². The maximum atomic E-state index is 11.8. The molecule has 3 aromatic carbocycles. The number of carbonyl (C=O) groups excluding carboxylic acids is 1. The Hall–Kier alpha value is -3.35. The predicted molar refractivity (Wildman–Crippen MR) is 149 cm³/mol. The molecule has 0 aromatic heterocycles. The molecular weight excluding hydrogens is 478 g/mol. The molecule has 0 unspecified atom stereocenters. The van der Waals surface area contributed by atoms with E-state index in [9.17, 15) is 9.90 Å². The molecule has 202 valence electrons. The molecule has 0 bridgehead atoms. The van der Waals surface area contributed by atoms with Gasteiger partial charge in [0.25, 0.3) is 0 Å². The van der Waals surface area contributed by atoms with Crippen molar-refractivity contribution in [2.24, 2.45) is 0 Å². The van der Waals surface area contributed by atoms with Crippen LogP contribution in [0.25, 0.3) is 0 Å². The fraction of sp³-hybridized carbons (Fsp3) is 0.406. The maximum absolute atomic E-state index is 11.8. The second kappa shape index (κ2) is 14.0. The van der Waals surface area contributed by atoms with Crippen LogP contribution in [0.4, 0.5) is 0 Å². The zero-order chi connectivity index (χ0) is 26.7. The van der Waals surface area contributed by atoms with Gasteiger partial charge in [-0.2, -0.15) is 0 Å². The van der Waals surface area contributed by atoms with E-state index >= 15 is 0 Å². The normalized spacial score (nSPS) is 16.7. The number of aliphatic hydroxyl groups is 1. The SMILES string of the molecule is CCOC(=O)COc1ccc2c(c1)C[C@@H](N(C[C@@H](O)COc1ccccc1)[C@@H](C)c1ccccc1)CCC2. The van der Waals surface area contributed by atoms with Gasteiger partial charge in [-0.15, -0.1) is 0 Å². The van der Waals surface area contributed by atoms with Crippen LogP contribution in [0.3, 0.4) is 0 Å². The molecule has 1 aliphatic carbocycles. The molecule has 6 nitrogen and oxygen atoms in total. The maximum Gasteiger partial charge on any atom is 0.344 e. The van der Waals surface area contributed by atoms with Crippen LogP contribution in [0.5, 0.6) is 11.5 Å². The number of rotatable bonds is 12. The fourth-order valence-corrected chi connectivity index (χ4v) is 5.19. The fourth-order valence-electron chi connectivity index (χ4n) is 5.19. The van der Waals surface area contributed by atoms with E-state index in [4.69, 9.17) is 14.2 Å². The lowest BCUT2D eigenvalue weighted by molar-refractivity contribution is -0.145. The molecule has 0 heterocycles. The summed E-state index contributed by atoms with van der Waals surface area (Å²) in [4.78, 5) is 14.2. The Balaban J connectivity index is 1.50. The molecule has 0 saturated heterocycles. The van der Waals surface area contributed by atoms with Gasteiger partial charge in [-0.25, -0.2) is 4.79 Å². The van der Waals surface area contributed by atoms with Gasteiger partial charge in [-0.05, 0) is 80.5 Å². The summed E-state index contributed by atoms with van der Waals surface area (Å²) in [5.41, 5.74) is 3.77. The third-order valence-electron chi connectivity index (χ3n) is 7.13. The quantitative estimate of drug-likeness (QED) is 0.257. The lowest BCUT2D eigenvalue weighted by Gasteiger charge is -2.38. The number of carbonyl (C=O) groups is 1. The molecular formula is C32H39NO5. The van der Waals surface area contributed by atoms with Crippen LogP contribution in [-0.2, 0) is 22.4 Å². The first-order valence-electron chi connectivity index (χ1n) is 13.6. The van der Waals surface area contributed by atoms with Crippen molar-refractivity contribution >= 4 is 5.97 Å². The Kier molecular flexibility index (Phi) is 10.2. The van der Waals surface area contributed by atoms with Gasteiger partial charge >= 0.3 is 5.97 Å². The highest BCUT2D eigenvalue weighted by Crippen LogP contribution is 2.32. The van der Waals surface area contributed by atoms with Crippen molar-refractivity contribution < 1.29 is 24.1 Å². The van der Waals surface area contributed by atoms with Gasteiger partial charge in [0.2, 0.25) is 0 Å². The molecule has 1 aliphatic rings. The van der Waals surface area contributed by atoms with Gasteiger partial charge in [-0.3, -0.25) is 4.90 Å². The molecule has 0 radical (unpaired) electrons. The first-order valence-corrected chi connectivity index (χ1v) is 13.6. The lowest BCUT2D eigenvalue weighted by atomic mass is 9.97. The molecule has 0 aliphatic heterocycles. The summed E-state index contributed by atoms with van der Waals surface area (Å²) in [6.07, 6.45) is 3.29. The number of para-hydroxylation sites is 1. The zero-order valence-electron chi connectivity index (χ0n) is 22.4. The molecule has 0 fully saturated rings. The average molecular weight is 518 g/mol. The smallest absolute Gasteiger partial charge is 0.344 e. The molecule has 3 atom stereocenters. The number of benzene rings is 3. The van der Waals surface area contributed by atoms with Crippen molar-refractivity contribution in [2.45, 2.75) is 57.7 Å². The van der Waals surface area contributed by atoms with E-state index in [1.54, 1.807) is 6.92 Å². The topological polar surface area (TPSA) is 68.2 Å². The lowest BCUT2D eigenvalue weighted by Crippen LogP contribution is -2.44. The van der Waals surface area contributed by atoms with Crippen LogP contribution < -0.4 is 9.47 Å². The Bertz CT molecular complexity index is 1140. The van der Waals surface area contributed by atoms with Crippen molar-refractivity contribution in [2.75, 3.05) is 26.4 Å². The number of hydrogen-bond donors (Lipinski definition) is 1. The molecule has 38 heavy (non-hydrogen) atoms. The first-order chi connectivity index (χ1) is 18.5. The number of hydrogen-bond acceptors (Lipinski definition) is 6. The van der Waals surface area contributed by atoms with Crippen LogP contribution >= 0.6 is 0 Å². The number of aryl methyl sites for hydroxylation is 1. The Morgan fingerprint density at radius 3 is 2.45 bits per heavy atom. The molecule has 0 spiro atoms. The van der Waals surface area contributed by atoms with Crippen molar-refractivity contribution in [3.63, 3.8) is 0 Å². The van der Waals surface area contributed by atoms with Gasteiger partial charge in [0.15, 0.2) is 6.61 Å². The second-order valence-corrected chi connectivity index (χ2v) is 9.84. The monoisotopic (exact) mass is 517 g/mol. The summed E-state index contributed by atoms with van der Waals surface area (Å²) in [5, 5.41) is 11.1. The van der Waals surface area contributed by atoms with Gasteiger partial charge in [0.1, 0.15) is 24.2 Å². The third-order valence-corrected chi connectivity index (χ3v) is 7.13. The number of aliphatic hydroxyl groups excluding tert-OH is 1. The van der Waals surface area contributed by atoms with Crippen LogP contribution in [0.2, 0.25) is 0 Å². The van der Waals surface area contributed by atoms with Crippen LogP contribution in [0.15, 0.2) is 78.9 Å². The molecule has 0 saturated carbocycles. The minimum atomic E-state index is -0.636. The van der Waals surface area contributed by atoms with E-state index in [-0.39, 0.29) is 31.3 Å².